The van der Waals surface area contributed by atoms with Crippen LogP contribution in [-0.4, -0.2) is 16.9 Å². The van der Waals surface area contributed by atoms with E-state index in [0.29, 0.717) is 5.75 Å². The van der Waals surface area contributed by atoms with Crippen molar-refractivity contribution in [2.24, 2.45) is 0 Å². The van der Waals surface area contributed by atoms with E-state index in [4.69, 9.17) is 5.21 Å². The highest BCUT2D eigenvalue weighted by Crippen LogP contribution is 2.17. The van der Waals surface area contributed by atoms with Crippen molar-refractivity contribution in [3.8, 4) is 0 Å². The van der Waals surface area contributed by atoms with Crippen LogP contribution in [0.25, 0.3) is 0 Å². The molecule has 1 aromatic rings. The summed E-state index contributed by atoms with van der Waals surface area (Å²) in [7, 11) is 0. The Kier molecular flexibility index (Phi) is 4.93. The van der Waals surface area contributed by atoms with Crippen molar-refractivity contribution >= 4 is 17.7 Å². The molecule has 0 atom stereocenters. The smallest absolute Gasteiger partial charge is 0.267 e. The van der Waals surface area contributed by atoms with Gasteiger partial charge in [0.15, 0.2) is 0 Å². The lowest BCUT2D eigenvalue weighted by Gasteiger charge is -1.98. The van der Waals surface area contributed by atoms with Crippen LogP contribution in [0.3, 0.4) is 0 Å². The molecule has 0 saturated heterocycles. The molecule has 0 aromatic heterocycles. The lowest BCUT2D eigenvalue weighted by Crippen LogP contribution is -2.14. The largest absolute Gasteiger partial charge is 0.288 e. The molecule has 15 heavy (non-hydrogen) atoms. The van der Waals surface area contributed by atoms with Crippen molar-refractivity contribution in [3.63, 3.8) is 0 Å². The van der Waals surface area contributed by atoms with Crippen LogP contribution in [0.5, 0.6) is 0 Å². The SMILES string of the molecule is Cc1ccc(SCC=CC(=O)NO)cc1. The van der Waals surface area contributed by atoms with Gasteiger partial charge in [0.1, 0.15) is 0 Å². The summed E-state index contributed by atoms with van der Waals surface area (Å²) in [6, 6.07) is 8.18. The highest BCUT2D eigenvalue weighted by molar-refractivity contribution is 7.99. The fourth-order valence-corrected chi connectivity index (χ4v) is 1.68. The first-order valence-corrected chi connectivity index (χ1v) is 5.51. The summed E-state index contributed by atoms with van der Waals surface area (Å²) in [4.78, 5) is 11.8. The molecule has 0 aliphatic heterocycles. The quantitative estimate of drug-likeness (QED) is 0.356. The van der Waals surface area contributed by atoms with Crippen molar-refractivity contribution in [1.82, 2.24) is 5.48 Å². The summed E-state index contributed by atoms with van der Waals surface area (Å²) in [6.45, 7) is 2.04. The Morgan fingerprint density at radius 1 is 1.47 bits per heavy atom. The third-order valence-corrected chi connectivity index (χ3v) is 2.71. The summed E-state index contributed by atoms with van der Waals surface area (Å²) in [5, 5.41) is 8.22. The van der Waals surface area contributed by atoms with Crippen LogP contribution in [0.15, 0.2) is 41.3 Å². The van der Waals surface area contributed by atoms with Gasteiger partial charge in [0.2, 0.25) is 0 Å². The number of hydrogen-bond acceptors (Lipinski definition) is 3. The zero-order valence-corrected chi connectivity index (χ0v) is 9.25. The molecule has 4 heteroatoms. The lowest BCUT2D eigenvalue weighted by atomic mass is 10.2. The first kappa shape index (κ1) is 11.8. The Morgan fingerprint density at radius 2 is 2.13 bits per heavy atom. The summed E-state index contributed by atoms with van der Waals surface area (Å²) < 4.78 is 0. The molecule has 3 nitrogen and oxygen atoms in total. The number of aryl methyl sites for hydroxylation is 1. The van der Waals surface area contributed by atoms with Crippen LogP contribution >= 0.6 is 11.8 Å². The molecule has 1 aromatic carbocycles. The van der Waals surface area contributed by atoms with Crippen molar-refractivity contribution in [2.75, 3.05) is 5.75 Å². The molecule has 0 heterocycles. The number of hydrogen-bond donors (Lipinski definition) is 2. The summed E-state index contributed by atoms with van der Waals surface area (Å²) in [5.74, 6) is 0.204. The molecule has 0 saturated carbocycles. The van der Waals surface area contributed by atoms with Crippen LogP contribution in [0.4, 0.5) is 0 Å². The Balaban J connectivity index is 2.35. The zero-order valence-electron chi connectivity index (χ0n) is 8.43. The summed E-state index contributed by atoms with van der Waals surface area (Å²) >= 11 is 1.63. The highest BCUT2D eigenvalue weighted by atomic mass is 32.2. The number of amides is 1. The predicted octanol–water partition coefficient (Wildman–Crippen LogP) is 2.15. The summed E-state index contributed by atoms with van der Waals surface area (Å²) in [6.07, 6.45) is 3.01. The number of nitrogens with one attached hydrogen (secondary N) is 1. The van der Waals surface area contributed by atoms with Crippen LogP contribution in [0.2, 0.25) is 0 Å². The van der Waals surface area contributed by atoms with Gasteiger partial charge < -0.3 is 0 Å². The van der Waals surface area contributed by atoms with Gasteiger partial charge in [-0.05, 0) is 19.1 Å². The van der Waals surface area contributed by atoms with E-state index in [0.717, 1.165) is 4.90 Å². The van der Waals surface area contributed by atoms with E-state index in [1.54, 1.807) is 17.8 Å². The van der Waals surface area contributed by atoms with Gasteiger partial charge in [-0.25, -0.2) is 5.48 Å². The van der Waals surface area contributed by atoms with Gasteiger partial charge >= 0.3 is 0 Å². The molecule has 0 unspecified atom stereocenters. The number of carbonyl (C=O) groups excluding carboxylic acids is 1. The highest BCUT2D eigenvalue weighted by Gasteiger charge is 1.92. The Labute approximate surface area is 93.1 Å². The molecule has 0 bridgehead atoms. The van der Waals surface area contributed by atoms with E-state index < -0.39 is 5.91 Å². The van der Waals surface area contributed by atoms with Crippen LogP contribution in [0.1, 0.15) is 5.56 Å². The molecule has 1 amide bonds. The molecular formula is C11H13NO2S. The monoisotopic (exact) mass is 223 g/mol. The van der Waals surface area contributed by atoms with Crippen LogP contribution in [-0.2, 0) is 4.79 Å². The maximum atomic E-state index is 10.6. The van der Waals surface area contributed by atoms with E-state index in [2.05, 4.69) is 0 Å². The number of rotatable bonds is 4. The maximum absolute atomic E-state index is 10.6. The Bertz CT molecular complexity index is 346. The number of hydroxylamine groups is 1. The lowest BCUT2D eigenvalue weighted by molar-refractivity contribution is -0.124. The molecule has 0 aliphatic rings. The molecule has 2 N–H and O–H groups in total. The molecule has 80 valence electrons. The normalized spacial score (nSPS) is 10.5. The minimum Gasteiger partial charge on any atom is -0.288 e. The predicted molar refractivity (Wildman–Crippen MR) is 61.0 cm³/mol. The fraction of sp³-hybridized carbons (Fsp3) is 0.182. The average molecular weight is 223 g/mol. The van der Waals surface area contributed by atoms with Gasteiger partial charge in [0.25, 0.3) is 5.91 Å². The third kappa shape index (κ3) is 4.67. The van der Waals surface area contributed by atoms with Gasteiger partial charge in [-0.3, -0.25) is 10.0 Å². The maximum Gasteiger partial charge on any atom is 0.267 e. The second-order valence-electron chi connectivity index (χ2n) is 3.00. The van der Waals surface area contributed by atoms with E-state index >= 15 is 0 Å². The second-order valence-corrected chi connectivity index (χ2v) is 4.10. The zero-order chi connectivity index (χ0) is 11.1. The van der Waals surface area contributed by atoms with Crippen molar-refractivity contribution in [2.45, 2.75) is 11.8 Å². The Morgan fingerprint density at radius 3 is 2.73 bits per heavy atom. The van der Waals surface area contributed by atoms with Crippen molar-refractivity contribution in [3.05, 3.63) is 42.0 Å². The van der Waals surface area contributed by atoms with Gasteiger partial charge in [-0.1, -0.05) is 23.8 Å². The number of thioether (sulfide) groups is 1. The van der Waals surface area contributed by atoms with Gasteiger partial charge in [0.05, 0.1) is 0 Å². The average Bonchev–Trinajstić information content (AvgIpc) is 2.26. The minimum absolute atomic E-state index is 0.500. The molecule has 0 fully saturated rings. The Hall–Kier alpha value is -1.26. The number of carbonyl (C=O) groups is 1. The number of benzene rings is 1. The van der Waals surface area contributed by atoms with E-state index in [9.17, 15) is 4.79 Å². The topological polar surface area (TPSA) is 49.3 Å². The van der Waals surface area contributed by atoms with Crippen LogP contribution in [0, 0.1) is 6.92 Å². The fourth-order valence-electron chi connectivity index (χ4n) is 0.971. The standard InChI is InChI=1S/C11H13NO2S/c1-9-4-6-10(7-5-9)15-8-2-3-11(13)12-14/h2-7,14H,8H2,1H3,(H,12,13). The third-order valence-electron chi connectivity index (χ3n) is 1.75. The molecular weight excluding hydrogens is 210 g/mol. The molecule has 1 rings (SSSR count). The van der Waals surface area contributed by atoms with Crippen molar-refractivity contribution in [1.29, 1.82) is 0 Å². The first-order valence-electron chi connectivity index (χ1n) is 4.52. The van der Waals surface area contributed by atoms with Crippen LogP contribution < -0.4 is 5.48 Å². The minimum atomic E-state index is -0.500. The molecule has 0 spiro atoms. The molecule has 0 aliphatic carbocycles. The van der Waals surface area contributed by atoms with E-state index in [1.807, 2.05) is 31.2 Å². The van der Waals surface area contributed by atoms with Gasteiger partial charge in [0, 0.05) is 16.7 Å². The summed E-state index contributed by atoms with van der Waals surface area (Å²) in [5.41, 5.74) is 2.77. The second kappa shape index (κ2) is 6.27. The van der Waals surface area contributed by atoms with Gasteiger partial charge in [-0.2, -0.15) is 0 Å². The van der Waals surface area contributed by atoms with Crippen molar-refractivity contribution < 1.29 is 10.0 Å². The molecule has 0 radical (unpaired) electrons. The van der Waals surface area contributed by atoms with E-state index in [1.165, 1.54) is 17.1 Å². The van der Waals surface area contributed by atoms with E-state index in [-0.39, 0.29) is 0 Å². The van der Waals surface area contributed by atoms with Gasteiger partial charge in [-0.15, -0.1) is 11.8 Å². The first-order chi connectivity index (χ1) is 7.22.